The summed E-state index contributed by atoms with van der Waals surface area (Å²) in [6.07, 6.45) is 2.88. The molecule has 2 amide bonds. The first-order valence-corrected chi connectivity index (χ1v) is 9.67. The number of carbonyl (C=O) groups is 2. The van der Waals surface area contributed by atoms with E-state index in [1.165, 1.54) is 4.90 Å². The smallest absolute Gasteiger partial charge is 0.408 e. The molecule has 1 aliphatic heterocycles. The third-order valence-corrected chi connectivity index (χ3v) is 5.93. The molecule has 1 unspecified atom stereocenters. The molecule has 0 spiro atoms. The highest BCUT2D eigenvalue weighted by molar-refractivity contribution is 6.36. The molecule has 28 heavy (non-hydrogen) atoms. The van der Waals surface area contributed by atoms with Crippen LogP contribution >= 0.6 is 11.6 Å². The summed E-state index contributed by atoms with van der Waals surface area (Å²) in [6.45, 7) is 0.419. The predicted octanol–water partition coefficient (Wildman–Crippen LogP) is 3.09. The lowest BCUT2D eigenvalue weighted by molar-refractivity contribution is 0.0555. The zero-order valence-corrected chi connectivity index (χ0v) is 15.9. The van der Waals surface area contributed by atoms with Crippen molar-refractivity contribution in [1.29, 1.82) is 5.26 Å². The molecule has 0 bridgehead atoms. The molecule has 1 aliphatic carbocycles. The molecule has 1 aromatic heterocycles. The molecule has 1 saturated heterocycles. The van der Waals surface area contributed by atoms with Crippen LogP contribution in [0.3, 0.4) is 0 Å². The van der Waals surface area contributed by atoms with Gasteiger partial charge in [-0.3, -0.25) is 14.7 Å². The summed E-state index contributed by atoms with van der Waals surface area (Å²) < 4.78 is 0. The second-order valence-electron chi connectivity index (χ2n) is 7.16. The quantitative estimate of drug-likeness (QED) is 0.795. The number of amides is 2. The van der Waals surface area contributed by atoms with Crippen molar-refractivity contribution in [2.75, 3.05) is 19.6 Å². The molecule has 8 heteroatoms. The Morgan fingerprint density at radius 2 is 2.04 bits per heavy atom. The molecule has 144 valence electrons. The minimum atomic E-state index is -1.15. The number of nitriles is 1. The molecule has 1 atom stereocenters. The van der Waals surface area contributed by atoms with E-state index >= 15 is 0 Å². The van der Waals surface area contributed by atoms with Crippen LogP contribution in [-0.4, -0.2) is 57.6 Å². The highest BCUT2D eigenvalue weighted by Crippen LogP contribution is 2.33. The third-order valence-electron chi connectivity index (χ3n) is 5.50. The molecule has 1 fully saturated rings. The van der Waals surface area contributed by atoms with Crippen LogP contribution in [0, 0.1) is 11.3 Å². The van der Waals surface area contributed by atoms with Gasteiger partial charge in [-0.2, -0.15) is 5.26 Å². The van der Waals surface area contributed by atoms with Gasteiger partial charge in [0.2, 0.25) is 0 Å². The van der Waals surface area contributed by atoms with Crippen molar-refractivity contribution in [3.05, 3.63) is 40.0 Å². The first kappa shape index (κ1) is 18.5. The second-order valence-corrected chi connectivity index (χ2v) is 7.54. The van der Waals surface area contributed by atoms with Gasteiger partial charge in [0.1, 0.15) is 6.04 Å². The molecular weight excluding hydrogens is 380 g/mol. The third kappa shape index (κ3) is 3.14. The van der Waals surface area contributed by atoms with Crippen LogP contribution in [-0.2, 0) is 12.8 Å². The number of hydrogen-bond acceptors (Lipinski definition) is 4. The molecule has 0 radical (unpaired) electrons. The molecule has 1 aromatic carbocycles. The minimum absolute atomic E-state index is 0.0536. The molecule has 4 rings (SSSR count). The van der Waals surface area contributed by atoms with E-state index in [9.17, 15) is 20.0 Å². The van der Waals surface area contributed by atoms with E-state index in [4.69, 9.17) is 16.6 Å². The number of pyridine rings is 1. The Kier molecular flexibility index (Phi) is 4.82. The number of hydrogen-bond donors (Lipinski definition) is 1. The maximum atomic E-state index is 12.9. The molecule has 2 aliphatic rings. The Hall–Kier alpha value is -2.85. The van der Waals surface area contributed by atoms with Crippen molar-refractivity contribution < 1.29 is 14.7 Å². The summed E-state index contributed by atoms with van der Waals surface area (Å²) >= 11 is 6.59. The first-order valence-electron chi connectivity index (χ1n) is 9.29. The monoisotopic (exact) mass is 398 g/mol. The molecule has 2 heterocycles. The fourth-order valence-electron chi connectivity index (χ4n) is 3.99. The van der Waals surface area contributed by atoms with Crippen LogP contribution in [0.2, 0.25) is 5.02 Å². The fourth-order valence-corrected chi connectivity index (χ4v) is 4.35. The van der Waals surface area contributed by atoms with Gasteiger partial charge in [0.05, 0.1) is 23.2 Å². The van der Waals surface area contributed by atoms with Gasteiger partial charge < -0.3 is 10.0 Å². The molecular formula is C20H19ClN4O3. The maximum Gasteiger partial charge on any atom is 0.408 e. The standard InChI is InChI=1S/C20H19ClN4O3/c21-18-14-3-1-2-4-16(14)23-17-9-12(5-6-15(17)18)19(26)24-7-8-25(20(27)28)13(10-22)11-24/h5-6,9,13H,1-4,7-8,11H2,(H,27,28). The SMILES string of the molecule is N#CC1CN(C(=O)c2ccc3c(Cl)c4c(nc3c2)CCCC4)CCN1C(=O)O. The topological polar surface area (TPSA) is 97.5 Å². The molecule has 7 nitrogen and oxygen atoms in total. The van der Waals surface area contributed by atoms with Crippen molar-refractivity contribution in [2.45, 2.75) is 31.7 Å². The van der Waals surface area contributed by atoms with E-state index < -0.39 is 12.1 Å². The van der Waals surface area contributed by atoms with E-state index in [0.29, 0.717) is 11.1 Å². The van der Waals surface area contributed by atoms with Crippen LogP contribution in [0.1, 0.15) is 34.5 Å². The Morgan fingerprint density at radius 3 is 2.79 bits per heavy atom. The average Bonchev–Trinajstić information content (AvgIpc) is 2.72. The zero-order chi connectivity index (χ0) is 19.8. The van der Waals surface area contributed by atoms with Gasteiger partial charge in [0.25, 0.3) is 5.91 Å². The number of aromatic nitrogens is 1. The number of halogens is 1. The van der Waals surface area contributed by atoms with E-state index in [1.807, 2.05) is 12.1 Å². The van der Waals surface area contributed by atoms with Crippen LogP contribution in [0.25, 0.3) is 10.9 Å². The van der Waals surface area contributed by atoms with Crippen LogP contribution in [0.15, 0.2) is 18.2 Å². The highest BCUT2D eigenvalue weighted by atomic mass is 35.5. The predicted molar refractivity (Wildman–Crippen MR) is 103 cm³/mol. The summed E-state index contributed by atoms with van der Waals surface area (Å²) in [5.41, 5.74) is 3.28. The van der Waals surface area contributed by atoms with Gasteiger partial charge in [-0.25, -0.2) is 4.79 Å². The lowest BCUT2D eigenvalue weighted by atomic mass is 9.94. The van der Waals surface area contributed by atoms with Crippen molar-refractivity contribution in [2.24, 2.45) is 0 Å². The number of carbonyl (C=O) groups excluding carboxylic acids is 1. The van der Waals surface area contributed by atoms with Gasteiger partial charge in [-0.15, -0.1) is 0 Å². The van der Waals surface area contributed by atoms with E-state index in [1.54, 1.807) is 12.1 Å². The largest absolute Gasteiger partial charge is 0.465 e. The summed E-state index contributed by atoms with van der Waals surface area (Å²) in [4.78, 5) is 31.5. The van der Waals surface area contributed by atoms with Crippen molar-refractivity contribution in [1.82, 2.24) is 14.8 Å². The van der Waals surface area contributed by atoms with Gasteiger partial charge in [-0.1, -0.05) is 17.7 Å². The lowest BCUT2D eigenvalue weighted by Gasteiger charge is -2.36. The summed E-state index contributed by atoms with van der Waals surface area (Å²) in [5, 5.41) is 20.0. The number of benzene rings is 1. The van der Waals surface area contributed by atoms with Gasteiger partial charge in [-0.05, 0) is 43.4 Å². The second kappa shape index (κ2) is 7.28. The number of fused-ring (bicyclic) bond motifs is 2. The van der Waals surface area contributed by atoms with Crippen LogP contribution < -0.4 is 0 Å². The molecule has 0 saturated carbocycles. The Labute approximate surface area is 167 Å². The van der Waals surface area contributed by atoms with Gasteiger partial charge >= 0.3 is 6.09 Å². The zero-order valence-electron chi connectivity index (χ0n) is 15.2. The maximum absolute atomic E-state index is 12.9. The number of rotatable bonds is 1. The Bertz CT molecular complexity index is 1020. The number of carboxylic acid groups (broad SMARTS) is 1. The van der Waals surface area contributed by atoms with E-state index in [0.717, 1.165) is 52.2 Å². The van der Waals surface area contributed by atoms with E-state index in [-0.39, 0.29) is 25.5 Å². The lowest BCUT2D eigenvalue weighted by Crippen LogP contribution is -2.55. The number of aryl methyl sites for hydroxylation is 1. The van der Waals surface area contributed by atoms with E-state index in [2.05, 4.69) is 0 Å². The number of nitrogens with zero attached hydrogens (tertiary/aromatic N) is 4. The van der Waals surface area contributed by atoms with Crippen molar-refractivity contribution in [3.63, 3.8) is 0 Å². The molecule has 1 N–H and O–H groups in total. The fraction of sp³-hybridized carbons (Fsp3) is 0.400. The summed E-state index contributed by atoms with van der Waals surface area (Å²) in [5.74, 6) is -0.233. The Morgan fingerprint density at radius 1 is 1.25 bits per heavy atom. The van der Waals surface area contributed by atoms with Crippen LogP contribution in [0.5, 0.6) is 0 Å². The van der Waals surface area contributed by atoms with Gasteiger partial charge in [0.15, 0.2) is 0 Å². The van der Waals surface area contributed by atoms with Crippen molar-refractivity contribution in [3.8, 4) is 6.07 Å². The normalized spacial score (nSPS) is 19.2. The van der Waals surface area contributed by atoms with Crippen molar-refractivity contribution >= 4 is 34.5 Å². The van der Waals surface area contributed by atoms with Crippen LogP contribution in [0.4, 0.5) is 4.79 Å². The first-order chi connectivity index (χ1) is 13.5. The minimum Gasteiger partial charge on any atom is -0.465 e. The van der Waals surface area contributed by atoms with Gasteiger partial charge in [0, 0.05) is 29.7 Å². The highest BCUT2D eigenvalue weighted by Gasteiger charge is 2.33. The summed E-state index contributed by atoms with van der Waals surface area (Å²) in [6, 6.07) is 6.38. The Balaban J connectivity index is 1.63. The molecule has 2 aromatic rings. The number of piperazine rings is 1. The average molecular weight is 399 g/mol. The summed E-state index contributed by atoms with van der Waals surface area (Å²) in [7, 11) is 0.